The van der Waals surface area contributed by atoms with Gasteiger partial charge in [-0.15, -0.1) is 0 Å². The van der Waals surface area contributed by atoms with Gasteiger partial charge in [-0.25, -0.2) is 4.98 Å². The molecule has 4 heterocycles. The van der Waals surface area contributed by atoms with E-state index in [1.54, 1.807) is 0 Å². The number of pyridine rings is 1. The van der Waals surface area contributed by atoms with Crippen molar-refractivity contribution < 1.29 is 14.3 Å². The summed E-state index contributed by atoms with van der Waals surface area (Å²) in [4.78, 5) is 20.0. The molecule has 1 saturated carbocycles. The van der Waals surface area contributed by atoms with Gasteiger partial charge in [-0.1, -0.05) is 11.6 Å². The van der Waals surface area contributed by atoms with E-state index in [1.807, 2.05) is 18.3 Å². The molecule has 1 aromatic heterocycles. The summed E-state index contributed by atoms with van der Waals surface area (Å²) < 4.78 is 11.2. The fourth-order valence-corrected chi connectivity index (χ4v) is 6.79. The molecular formula is C27H34ClN3O3. The van der Waals surface area contributed by atoms with Crippen molar-refractivity contribution >= 4 is 34.1 Å². The third-order valence-corrected chi connectivity index (χ3v) is 9.31. The molecule has 1 aromatic carbocycles. The Morgan fingerprint density at radius 2 is 1.85 bits per heavy atom. The van der Waals surface area contributed by atoms with Crippen LogP contribution in [0.3, 0.4) is 0 Å². The Morgan fingerprint density at radius 1 is 1.09 bits per heavy atom. The predicted octanol–water partition coefficient (Wildman–Crippen LogP) is 5.00. The number of amides is 1. The number of carbonyl (C=O) groups excluding carboxylic acids is 1. The first-order valence-electron chi connectivity index (χ1n) is 12.8. The molecule has 6 nitrogen and oxygen atoms in total. The lowest BCUT2D eigenvalue weighted by Gasteiger charge is -2.42. The summed E-state index contributed by atoms with van der Waals surface area (Å²) in [5.41, 5.74) is 1.56. The molecule has 34 heavy (non-hydrogen) atoms. The third-order valence-electron chi connectivity index (χ3n) is 8.98. The third kappa shape index (κ3) is 4.13. The Hall–Kier alpha value is -1.73. The van der Waals surface area contributed by atoms with Crippen molar-refractivity contribution in [2.45, 2.75) is 56.9 Å². The molecule has 4 fully saturated rings. The average molecular weight is 484 g/mol. The van der Waals surface area contributed by atoms with Crippen LogP contribution in [0.2, 0.25) is 5.02 Å². The summed E-state index contributed by atoms with van der Waals surface area (Å²) in [6, 6.07) is 6.24. The number of benzene rings is 1. The summed E-state index contributed by atoms with van der Waals surface area (Å²) in [5.74, 6) is 1.26. The van der Waals surface area contributed by atoms with Gasteiger partial charge in [-0.05, 0) is 99.0 Å². The van der Waals surface area contributed by atoms with E-state index in [9.17, 15) is 4.79 Å². The molecule has 0 bridgehead atoms. The molecule has 2 atom stereocenters. The zero-order valence-electron chi connectivity index (χ0n) is 19.9. The standard InChI is InChI=1S/C27H34ClN3O3/c1-26(4-9-34-17-26)31-7-2-18(3-8-31)21-12-19-14-24(29-16-20(19)13-23(21)28)30-25(32)22-15-27(22)5-10-33-11-6-27/h12-14,16,18,22H,2-11,15,17H2,1H3,(H,29,30,32). The van der Waals surface area contributed by atoms with E-state index in [0.717, 1.165) is 93.8 Å². The van der Waals surface area contributed by atoms with Crippen LogP contribution in [0, 0.1) is 11.3 Å². The van der Waals surface area contributed by atoms with Gasteiger partial charge in [0.2, 0.25) is 5.91 Å². The van der Waals surface area contributed by atoms with Gasteiger partial charge in [0.1, 0.15) is 5.82 Å². The number of hydrogen-bond donors (Lipinski definition) is 1. The van der Waals surface area contributed by atoms with E-state index >= 15 is 0 Å². The summed E-state index contributed by atoms with van der Waals surface area (Å²) in [6.45, 7) is 7.73. The number of ether oxygens (including phenoxy) is 2. The summed E-state index contributed by atoms with van der Waals surface area (Å²) in [6.07, 6.45) is 8.09. The first kappa shape index (κ1) is 22.7. The highest BCUT2D eigenvalue weighted by molar-refractivity contribution is 6.32. The minimum absolute atomic E-state index is 0.0898. The molecule has 4 aliphatic rings. The molecule has 3 aliphatic heterocycles. The summed E-state index contributed by atoms with van der Waals surface area (Å²) in [5, 5.41) is 5.99. The Labute approximate surface area is 206 Å². The number of carbonyl (C=O) groups is 1. The van der Waals surface area contributed by atoms with Crippen molar-refractivity contribution in [2.24, 2.45) is 11.3 Å². The first-order chi connectivity index (χ1) is 16.5. The van der Waals surface area contributed by atoms with Crippen molar-refractivity contribution in [3.8, 4) is 0 Å². The van der Waals surface area contributed by atoms with E-state index < -0.39 is 0 Å². The molecule has 1 spiro atoms. The first-order valence-corrected chi connectivity index (χ1v) is 13.1. The quantitative estimate of drug-likeness (QED) is 0.662. The van der Waals surface area contributed by atoms with Crippen molar-refractivity contribution in [3.05, 3.63) is 35.0 Å². The fraction of sp³-hybridized carbons (Fsp3) is 0.630. The van der Waals surface area contributed by atoms with E-state index in [-0.39, 0.29) is 22.8 Å². The lowest BCUT2D eigenvalue weighted by Crippen LogP contribution is -2.50. The number of nitrogens with zero attached hydrogens (tertiary/aromatic N) is 2. The van der Waals surface area contributed by atoms with Crippen LogP contribution in [-0.4, -0.2) is 60.8 Å². The molecule has 2 unspecified atom stereocenters. The molecule has 182 valence electrons. The maximum Gasteiger partial charge on any atom is 0.229 e. The van der Waals surface area contributed by atoms with Crippen molar-refractivity contribution in [1.29, 1.82) is 0 Å². The van der Waals surface area contributed by atoms with Crippen molar-refractivity contribution in [1.82, 2.24) is 9.88 Å². The van der Waals surface area contributed by atoms with E-state index in [2.05, 4.69) is 28.2 Å². The van der Waals surface area contributed by atoms with Crippen LogP contribution in [0.1, 0.15) is 56.9 Å². The normalized spacial score (nSPS) is 29.5. The van der Waals surface area contributed by atoms with Crippen LogP contribution in [0.5, 0.6) is 0 Å². The number of anilines is 1. The van der Waals surface area contributed by atoms with Gasteiger partial charge in [0.25, 0.3) is 0 Å². The van der Waals surface area contributed by atoms with E-state index in [1.165, 1.54) is 5.56 Å². The number of halogens is 1. The Kier molecular flexibility index (Phi) is 5.84. The largest absolute Gasteiger partial charge is 0.381 e. The fourth-order valence-electron chi connectivity index (χ4n) is 6.46. The minimum Gasteiger partial charge on any atom is -0.381 e. The zero-order chi connectivity index (χ0) is 23.3. The van der Waals surface area contributed by atoms with Gasteiger partial charge in [-0.3, -0.25) is 9.69 Å². The van der Waals surface area contributed by atoms with Crippen LogP contribution >= 0.6 is 11.6 Å². The van der Waals surface area contributed by atoms with Crippen LogP contribution in [0.15, 0.2) is 24.4 Å². The van der Waals surface area contributed by atoms with Gasteiger partial charge in [0.15, 0.2) is 0 Å². The Morgan fingerprint density at radius 3 is 2.59 bits per heavy atom. The number of nitrogens with one attached hydrogen (secondary N) is 1. The lowest BCUT2D eigenvalue weighted by atomic mass is 9.86. The Balaban J connectivity index is 1.16. The van der Waals surface area contributed by atoms with Crippen LogP contribution in [0.4, 0.5) is 5.82 Å². The topological polar surface area (TPSA) is 63.7 Å². The molecule has 1 aliphatic carbocycles. The molecule has 2 aromatic rings. The maximum absolute atomic E-state index is 12.9. The van der Waals surface area contributed by atoms with Gasteiger partial charge in [0, 0.05) is 47.9 Å². The summed E-state index contributed by atoms with van der Waals surface area (Å²) >= 11 is 6.74. The van der Waals surface area contributed by atoms with Crippen molar-refractivity contribution in [3.63, 3.8) is 0 Å². The molecule has 1 N–H and O–H groups in total. The van der Waals surface area contributed by atoms with Crippen molar-refractivity contribution in [2.75, 3.05) is 44.8 Å². The van der Waals surface area contributed by atoms with E-state index in [4.69, 9.17) is 21.1 Å². The minimum atomic E-state index is 0.0898. The molecular weight excluding hydrogens is 450 g/mol. The number of piperidine rings is 1. The zero-order valence-corrected chi connectivity index (χ0v) is 20.7. The number of rotatable bonds is 4. The van der Waals surface area contributed by atoms with Crippen LogP contribution in [-0.2, 0) is 14.3 Å². The van der Waals surface area contributed by atoms with Crippen LogP contribution in [0.25, 0.3) is 10.8 Å². The smallest absolute Gasteiger partial charge is 0.229 e. The number of fused-ring (bicyclic) bond motifs is 1. The molecule has 0 radical (unpaired) electrons. The molecule has 6 rings (SSSR count). The van der Waals surface area contributed by atoms with Gasteiger partial charge in [-0.2, -0.15) is 0 Å². The SMILES string of the molecule is CC1(N2CCC(c3cc4cc(NC(=O)C5CC56CCOCC6)ncc4cc3Cl)CC2)CCOC1. The second-order valence-corrected chi connectivity index (χ2v) is 11.5. The predicted molar refractivity (Wildman–Crippen MR) is 133 cm³/mol. The van der Waals surface area contributed by atoms with Gasteiger partial charge in [0.05, 0.1) is 6.61 Å². The summed E-state index contributed by atoms with van der Waals surface area (Å²) in [7, 11) is 0. The molecule has 1 amide bonds. The average Bonchev–Trinajstić information content (AvgIpc) is 3.34. The van der Waals surface area contributed by atoms with Gasteiger partial charge >= 0.3 is 0 Å². The number of likely N-dealkylation sites (tertiary alicyclic amines) is 1. The highest BCUT2D eigenvalue weighted by atomic mass is 35.5. The van der Waals surface area contributed by atoms with E-state index in [0.29, 0.717) is 11.7 Å². The highest BCUT2D eigenvalue weighted by Crippen LogP contribution is 2.59. The van der Waals surface area contributed by atoms with Crippen LogP contribution < -0.4 is 5.32 Å². The second-order valence-electron chi connectivity index (χ2n) is 11.1. The molecule has 3 saturated heterocycles. The van der Waals surface area contributed by atoms with Gasteiger partial charge < -0.3 is 14.8 Å². The molecule has 7 heteroatoms. The number of aromatic nitrogens is 1. The monoisotopic (exact) mass is 483 g/mol. The second kappa shape index (κ2) is 8.74. The number of hydrogen-bond acceptors (Lipinski definition) is 5. The maximum atomic E-state index is 12.9. The highest BCUT2D eigenvalue weighted by Gasteiger charge is 2.58. The lowest BCUT2D eigenvalue weighted by molar-refractivity contribution is -0.118. The Bertz CT molecular complexity index is 1090.